The van der Waals surface area contributed by atoms with Gasteiger partial charge in [-0.2, -0.15) is 13.2 Å². The van der Waals surface area contributed by atoms with E-state index in [2.05, 4.69) is 9.47 Å². The Morgan fingerprint density at radius 3 is 2.11 bits per heavy atom. The Labute approximate surface area is 102 Å². The van der Waals surface area contributed by atoms with Gasteiger partial charge in [0, 0.05) is 6.92 Å². The van der Waals surface area contributed by atoms with Gasteiger partial charge in [-0.1, -0.05) is 13.8 Å². The Kier molecular flexibility index (Phi) is 6.10. The fourth-order valence-corrected chi connectivity index (χ4v) is 0.949. The zero-order valence-corrected chi connectivity index (χ0v) is 10.3. The summed E-state index contributed by atoms with van der Waals surface area (Å²) in [5.41, 5.74) is 4.85. The van der Waals surface area contributed by atoms with Crippen LogP contribution in [0.1, 0.15) is 20.8 Å². The highest BCUT2D eigenvalue weighted by Crippen LogP contribution is 2.23. The number of hydrogen-bond acceptors (Lipinski definition) is 5. The monoisotopic (exact) mass is 271 g/mol. The quantitative estimate of drug-likeness (QED) is 0.755. The minimum absolute atomic E-state index is 0.0611. The molecule has 106 valence electrons. The molecule has 5 nitrogen and oxygen atoms in total. The molecule has 0 aromatic heterocycles. The van der Waals surface area contributed by atoms with Gasteiger partial charge in [0.05, 0.1) is 6.61 Å². The summed E-state index contributed by atoms with van der Waals surface area (Å²) in [4.78, 5) is 22.1. The molecule has 0 bridgehead atoms. The maximum atomic E-state index is 12.4. The molecule has 8 heteroatoms. The van der Waals surface area contributed by atoms with Gasteiger partial charge in [-0.3, -0.25) is 4.79 Å². The van der Waals surface area contributed by atoms with Gasteiger partial charge < -0.3 is 15.2 Å². The molecule has 0 aromatic carbocycles. The van der Waals surface area contributed by atoms with Gasteiger partial charge in [-0.25, -0.2) is 4.79 Å². The fraction of sp³-hybridized carbons (Fsp3) is 0.800. The van der Waals surface area contributed by atoms with E-state index in [-0.39, 0.29) is 12.5 Å². The molecule has 0 unspecified atom stereocenters. The van der Waals surface area contributed by atoms with Crippen molar-refractivity contribution >= 4 is 11.9 Å². The molecule has 0 fully saturated rings. The number of carbonyl (C=O) groups excluding carboxylic acids is 2. The summed E-state index contributed by atoms with van der Waals surface area (Å²) in [5, 5.41) is 0. The van der Waals surface area contributed by atoms with Gasteiger partial charge in [0.15, 0.2) is 0 Å². The molecular formula is C10H16F3NO4. The first-order chi connectivity index (χ1) is 8.05. The average Bonchev–Trinajstić information content (AvgIpc) is 2.19. The van der Waals surface area contributed by atoms with Crippen molar-refractivity contribution in [3.05, 3.63) is 0 Å². The molecule has 0 rings (SSSR count). The second kappa shape index (κ2) is 6.58. The highest BCUT2D eigenvalue weighted by molar-refractivity contribution is 5.79. The highest BCUT2D eigenvalue weighted by atomic mass is 19.4. The minimum atomic E-state index is -4.86. The Morgan fingerprint density at radius 2 is 1.78 bits per heavy atom. The van der Waals surface area contributed by atoms with Crippen LogP contribution in [0.4, 0.5) is 13.2 Å². The Bertz CT molecular complexity index is 304. The number of esters is 2. The molecule has 0 saturated heterocycles. The number of carbonyl (C=O) groups is 2. The summed E-state index contributed by atoms with van der Waals surface area (Å²) in [7, 11) is 0. The van der Waals surface area contributed by atoms with Crippen molar-refractivity contribution in [2.75, 3.05) is 6.61 Å². The molecule has 0 amide bonds. The van der Waals surface area contributed by atoms with E-state index in [1.807, 2.05) is 0 Å². The van der Waals surface area contributed by atoms with Crippen molar-refractivity contribution in [3.63, 3.8) is 0 Å². The highest BCUT2D eigenvalue weighted by Gasteiger charge is 2.47. The lowest BCUT2D eigenvalue weighted by Gasteiger charge is -2.24. The molecule has 0 saturated carbocycles. The van der Waals surface area contributed by atoms with E-state index in [4.69, 9.17) is 5.73 Å². The maximum absolute atomic E-state index is 12.4. The van der Waals surface area contributed by atoms with Gasteiger partial charge in [0.2, 0.25) is 6.10 Å². The van der Waals surface area contributed by atoms with E-state index in [1.54, 1.807) is 13.8 Å². The molecule has 0 aliphatic heterocycles. The van der Waals surface area contributed by atoms with Crippen LogP contribution in [0.25, 0.3) is 0 Å². The summed E-state index contributed by atoms with van der Waals surface area (Å²) in [6.45, 7) is 4.21. The van der Waals surface area contributed by atoms with Crippen LogP contribution >= 0.6 is 0 Å². The topological polar surface area (TPSA) is 78.6 Å². The van der Waals surface area contributed by atoms with E-state index in [9.17, 15) is 22.8 Å². The number of rotatable bonds is 5. The zero-order valence-electron chi connectivity index (χ0n) is 10.3. The first-order valence-electron chi connectivity index (χ1n) is 5.21. The van der Waals surface area contributed by atoms with Crippen LogP contribution in [0.2, 0.25) is 0 Å². The van der Waals surface area contributed by atoms with Crippen LogP contribution in [0, 0.1) is 5.92 Å². The van der Waals surface area contributed by atoms with Crippen molar-refractivity contribution in [2.45, 2.75) is 39.1 Å². The van der Waals surface area contributed by atoms with Gasteiger partial charge in [0.25, 0.3) is 0 Å². The van der Waals surface area contributed by atoms with E-state index < -0.39 is 30.3 Å². The summed E-state index contributed by atoms with van der Waals surface area (Å²) in [6, 6.07) is -2.61. The number of ether oxygens (including phenoxy) is 2. The van der Waals surface area contributed by atoms with E-state index in [1.165, 1.54) is 0 Å². The smallest absolute Gasteiger partial charge is 0.407 e. The van der Waals surface area contributed by atoms with Crippen LogP contribution < -0.4 is 5.73 Å². The standard InChI is InChI=1S/C10H16F3NO4/c1-5(2)4-17-9(16)7(18-6(3)15)8(14)10(11,12)13/h5,7-8H,4,14H2,1-3H3/t7-,8-/m0/s1. The van der Waals surface area contributed by atoms with Crippen molar-refractivity contribution in [2.24, 2.45) is 11.7 Å². The lowest BCUT2D eigenvalue weighted by molar-refractivity contribution is -0.196. The van der Waals surface area contributed by atoms with Gasteiger partial charge in [-0.15, -0.1) is 0 Å². The first kappa shape index (κ1) is 16.7. The molecule has 18 heavy (non-hydrogen) atoms. The normalized spacial score (nSPS) is 15.1. The molecule has 0 aromatic rings. The van der Waals surface area contributed by atoms with E-state index in [0.717, 1.165) is 6.92 Å². The zero-order chi connectivity index (χ0) is 14.5. The third-order valence-corrected chi connectivity index (χ3v) is 1.79. The minimum Gasteiger partial charge on any atom is -0.463 e. The number of halogens is 3. The van der Waals surface area contributed by atoms with Gasteiger partial charge in [-0.05, 0) is 5.92 Å². The molecule has 0 aliphatic rings. The largest absolute Gasteiger partial charge is 0.463 e. The van der Waals surface area contributed by atoms with E-state index in [0.29, 0.717) is 0 Å². The van der Waals surface area contributed by atoms with Crippen molar-refractivity contribution in [3.8, 4) is 0 Å². The van der Waals surface area contributed by atoms with Crippen LogP contribution in [0.5, 0.6) is 0 Å². The van der Waals surface area contributed by atoms with Crippen molar-refractivity contribution < 1.29 is 32.2 Å². The second-order valence-electron chi connectivity index (χ2n) is 4.12. The summed E-state index contributed by atoms with van der Waals surface area (Å²) < 4.78 is 46.0. The molecule has 0 radical (unpaired) electrons. The number of nitrogens with two attached hydrogens (primary N) is 1. The average molecular weight is 271 g/mol. The molecule has 0 heterocycles. The van der Waals surface area contributed by atoms with Gasteiger partial charge >= 0.3 is 18.1 Å². The Balaban J connectivity index is 4.77. The summed E-state index contributed by atoms with van der Waals surface area (Å²) in [6.07, 6.45) is -7.04. The predicted molar refractivity (Wildman–Crippen MR) is 55.4 cm³/mol. The molecule has 2 atom stereocenters. The van der Waals surface area contributed by atoms with Crippen molar-refractivity contribution in [1.29, 1.82) is 0 Å². The molecular weight excluding hydrogens is 255 g/mol. The Hall–Kier alpha value is -1.31. The Morgan fingerprint density at radius 1 is 1.28 bits per heavy atom. The maximum Gasteiger partial charge on any atom is 0.407 e. The second-order valence-corrected chi connectivity index (χ2v) is 4.12. The number of alkyl halides is 3. The molecule has 2 N–H and O–H groups in total. The lowest BCUT2D eigenvalue weighted by Crippen LogP contribution is -2.53. The van der Waals surface area contributed by atoms with Crippen molar-refractivity contribution in [1.82, 2.24) is 0 Å². The fourth-order valence-electron chi connectivity index (χ4n) is 0.949. The van der Waals surface area contributed by atoms with Crippen LogP contribution in [-0.4, -0.2) is 36.9 Å². The predicted octanol–water partition coefficient (Wildman–Crippen LogP) is 1.01. The third-order valence-electron chi connectivity index (χ3n) is 1.79. The molecule has 0 aliphatic carbocycles. The van der Waals surface area contributed by atoms with E-state index >= 15 is 0 Å². The van der Waals surface area contributed by atoms with Crippen LogP contribution in [-0.2, 0) is 19.1 Å². The SMILES string of the molecule is CC(=O)O[C@H](C(=O)OCC(C)C)[C@H](N)C(F)(F)F. The summed E-state index contributed by atoms with van der Waals surface area (Å²) in [5.74, 6) is -2.40. The molecule has 0 spiro atoms. The lowest BCUT2D eigenvalue weighted by atomic mass is 10.1. The summed E-state index contributed by atoms with van der Waals surface area (Å²) >= 11 is 0. The van der Waals surface area contributed by atoms with Crippen LogP contribution in [0.15, 0.2) is 0 Å². The number of hydrogen-bond donors (Lipinski definition) is 1. The van der Waals surface area contributed by atoms with Crippen LogP contribution in [0.3, 0.4) is 0 Å². The van der Waals surface area contributed by atoms with Gasteiger partial charge in [0.1, 0.15) is 6.04 Å². The third kappa shape index (κ3) is 5.85. The first-order valence-corrected chi connectivity index (χ1v) is 5.21.